The van der Waals surface area contributed by atoms with E-state index in [0.29, 0.717) is 23.3 Å². The van der Waals surface area contributed by atoms with Crippen molar-refractivity contribution in [3.05, 3.63) is 72.8 Å². The van der Waals surface area contributed by atoms with Gasteiger partial charge in [-0.3, -0.25) is 4.72 Å². The van der Waals surface area contributed by atoms with Gasteiger partial charge < -0.3 is 4.74 Å². The molecule has 0 aliphatic carbocycles. The minimum Gasteiger partial charge on any atom is -0.494 e. The van der Waals surface area contributed by atoms with Gasteiger partial charge in [0.1, 0.15) is 16.8 Å². The van der Waals surface area contributed by atoms with E-state index in [-0.39, 0.29) is 4.90 Å². The van der Waals surface area contributed by atoms with Crippen molar-refractivity contribution < 1.29 is 13.2 Å². The zero-order valence-electron chi connectivity index (χ0n) is 15.1. The van der Waals surface area contributed by atoms with Crippen LogP contribution < -0.4 is 9.46 Å². The van der Waals surface area contributed by atoms with Crippen LogP contribution in [0.15, 0.2) is 77.7 Å². The molecule has 142 valence electrons. The molecule has 4 rings (SSSR count). The van der Waals surface area contributed by atoms with Gasteiger partial charge in [0.2, 0.25) is 0 Å². The molecule has 0 aliphatic heterocycles. The molecule has 0 radical (unpaired) electrons. The molecule has 8 heteroatoms. The lowest BCUT2D eigenvalue weighted by Gasteiger charge is -2.07. The second-order valence-electron chi connectivity index (χ2n) is 6.04. The Balaban J connectivity index is 1.61. The lowest BCUT2D eigenvalue weighted by Crippen LogP contribution is -2.12. The molecule has 0 spiro atoms. The highest BCUT2D eigenvalue weighted by Crippen LogP contribution is 2.21. The zero-order valence-corrected chi connectivity index (χ0v) is 15.9. The zero-order chi connectivity index (χ0) is 19.6. The summed E-state index contributed by atoms with van der Waals surface area (Å²) in [5, 5.41) is 8.89. The summed E-state index contributed by atoms with van der Waals surface area (Å²) in [5.41, 5.74) is 2.46. The maximum Gasteiger partial charge on any atom is 0.261 e. The number of hydrogen-bond acceptors (Lipinski definition) is 5. The number of benzene rings is 3. The quantitative estimate of drug-likeness (QED) is 0.540. The van der Waals surface area contributed by atoms with Crippen molar-refractivity contribution in [2.24, 2.45) is 0 Å². The number of sulfonamides is 1. The Morgan fingerprint density at radius 3 is 2.36 bits per heavy atom. The molecular formula is C20H18N4O3S. The van der Waals surface area contributed by atoms with Gasteiger partial charge >= 0.3 is 0 Å². The number of hydrogen-bond donors (Lipinski definition) is 1. The van der Waals surface area contributed by atoms with Crippen LogP contribution in [0, 0.1) is 0 Å². The van der Waals surface area contributed by atoms with E-state index < -0.39 is 10.0 Å². The number of nitrogens with one attached hydrogen (secondary N) is 1. The SMILES string of the molecule is CCOc1ccc(-n2nc3ccc(NS(=O)(=O)c4ccccc4)cc3n2)cc1. The van der Waals surface area contributed by atoms with E-state index in [1.165, 1.54) is 4.80 Å². The van der Waals surface area contributed by atoms with Crippen LogP contribution >= 0.6 is 0 Å². The Kier molecular flexibility index (Phi) is 4.70. The molecule has 4 aromatic rings. The van der Waals surface area contributed by atoms with E-state index in [9.17, 15) is 8.42 Å². The fourth-order valence-electron chi connectivity index (χ4n) is 2.75. The Morgan fingerprint density at radius 2 is 1.64 bits per heavy atom. The average molecular weight is 394 g/mol. The molecule has 0 saturated carbocycles. The van der Waals surface area contributed by atoms with Crippen molar-refractivity contribution in [1.29, 1.82) is 0 Å². The summed E-state index contributed by atoms with van der Waals surface area (Å²) in [6, 6.07) is 20.7. The molecule has 1 aromatic heterocycles. The van der Waals surface area contributed by atoms with Gasteiger partial charge in [-0.15, -0.1) is 10.2 Å². The number of ether oxygens (including phenoxy) is 1. The Hall–Kier alpha value is -3.39. The van der Waals surface area contributed by atoms with Crippen molar-refractivity contribution in [2.75, 3.05) is 11.3 Å². The Morgan fingerprint density at radius 1 is 0.929 bits per heavy atom. The van der Waals surface area contributed by atoms with Gasteiger partial charge in [0.15, 0.2) is 0 Å². The second-order valence-corrected chi connectivity index (χ2v) is 7.72. The van der Waals surface area contributed by atoms with E-state index in [2.05, 4.69) is 14.9 Å². The van der Waals surface area contributed by atoms with Crippen molar-refractivity contribution in [1.82, 2.24) is 15.0 Å². The molecule has 28 heavy (non-hydrogen) atoms. The van der Waals surface area contributed by atoms with Crippen LogP contribution in [0.5, 0.6) is 5.75 Å². The van der Waals surface area contributed by atoms with Gasteiger partial charge in [-0.25, -0.2) is 8.42 Å². The molecule has 7 nitrogen and oxygen atoms in total. The lowest BCUT2D eigenvalue weighted by atomic mass is 10.3. The first kappa shape index (κ1) is 18.0. The summed E-state index contributed by atoms with van der Waals surface area (Å²) in [7, 11) is -3.66. The number of nitrogens with zero attached hydrogens (tertiary/aromatic N) is 3. The first-order valence-electron chi connectivity index (χ1n) is 8.73. The molecule has 1 heterocycles. The van der Waals surface area contributed by atoms with Gasteiger partial charge in [-0.05, 0) is 61.5 Å². The molecule has 0 fully saturated rings. The van der Waals surface area contributed by atoms with E-state index in [0.717, 1.165) is 11.4 Å². The fourth-order valence-corrected chi connectivity index (χ4v) is 3.82. The highest BCUT2D eigenvalue weighted by atomic mass is 32.2. The highest BCUT2D eigenvalue weighted by Gasteiger charge is 2.14. The molecule has 0 bridgehead atoms. The number of aromatic nitrogens is 3. The molecule has 1 N–H and O–H groups in total. The van der Waals surface area contributed by atoms with Gasteiger partial charge in [-0.2, -0.15) is 4.80 Å². The third-order valence-electron chi connectivity index (χ3n) is 4.06. The predicted octanol–water partition coefficient (Wildman–Crippen LogP) is 3.62. The van der Waals surface area contributed by atoms with Gasteiger partial charge in [0.05, 0.1) is 22.9 Å². The van der Waals surface area contributed by atoms with Crippen molar-refractivity contribution in [3.8, 4) is 11.4 Å². The topological polar surface area (TPSA) is 86.1 Å². The Labute approximate surface area is 162 Å². The minimum absolute atomic E-state index is 0.202. The largest absolute Gasteiger partial charge is 0.494 e. The smallest absolute Gasteiger partial charge is 0.261 e. The maximum absolute atomic E-state index is 12.5. The highest BCUT2D eigenvalue weighted by molar-refractivity contribution is 7.92. The van der Waals surface area contributed by atoms with E-state index in [1.807, 2.05) is 31.2 Å². The third kappa shape index (κ3) is 3.67. The summed E-state index contributed by atoms with van der Waals surface area (Å²) >= 11 is 0. The van der Waals surface area contributed by atoms with E-state index in [1.54, 1.807) is 48.5 Å². The molecule has 0 saturated heterocycles. The summed E-state index contributed by atoms with van der Waals surface area (Å²) in [5.74, 6) is 0.778. The molecule has 0 atom stereocenters. The lowest BCUT2D eigenvalue weighted by molar-refractivity contribution is 0.340. The van der Waals surface area contributed by atoms with Gasteiger partial charge in [0, 0.05) is 0 Å². The van der Waals surface area contributed by atoms with E-state index in [4.69, 9.17) is 4.74 Å². The Bertz CT molecular complexity index is 1200. The van der Waals surface area contributed by atoms with Gasteiger partial charge in [-0.1, -0.05) is 18.2 Å². The average Bonchev–Trinajstić information content (AvgIpc) is 3.12. The first-order valence-corrected chi connectivity index (χ1v) is 10.2. The molecule has 3 aromatic carbocycles. The van der Waals surface area contributed by atoms with Crippen LogP contribution in [-0.4, -0.2) is 30.0 Å². The summed E-state index contributed by atoms with van der Waals surface area (Å²) in [6.45, 7) is 2.53. The van der Waals surface area contributed by atoms with Crippen molar-refractivity contribution in [2.45, 2.75) is 11.8 Å². The number of anilines is 1. The second kappa shape index (κ2) is 7.32. The van der Waals surface area contributed by atoms with Crippen LogP contribution in [0.2, 0.25) is 0 Å². The third-order valence-corrected chi connectivity index (χ3v) is 5.46. The standard InChI is InChI=1S/C20H18N4O3S/c1-2-27-17-11-9-16(10-12-17)24-21-19-13-8-15(14-20(19)22-24)23-28(25,26)18-6-4-3-5-7-18/h3-14,23H,2H2,1H3. The van der Waals surface area contributed by atoms with Crippen LogP contribution in [0.25, 0.3) is 16.7 Å². The summed E-state index contributed by atoms with van der Waals surface area (Å²) in [4.78, 5) is 1.71. The van der Waals surface area contributed by atoms with Crippen LogP contribution in [0.4, 0.5) is 5.69 Å². The molecule has 0 aliphatic rings. The summed E-state index contributed by atoms with van der Waals surface area (Å²) < 4.78 is 33.0. The van der Waals surface area contributed by atoms with Crippen molar-refractivity contribution in [3.63, 3.8) is 0 Å². The van der Waals surface area contributed by atoms with Crippen LogP contribution in [-0.2, 0) is 10.0 Å². The van der Waals surface area contributed by atoms with E-state index >= 15 is 0 Å². The number of fused-ring (bicyclic) bond motifs is 1. The maximum atomic E-state index is 12.5. The first-order chi connectivity index (χ1) is 13.5. The number of rotatable bonds is 6. The van der Waals surface area contributed by atoms with Crippen LogP contribution in [0.3, 0.4) is 0 Å². The summed E-state index contributed by atoms with van der Waals surface area (Å²) in [6.07, 6.45) is 0. The van der Waals surface area contributed by atoms with Crippen LogP contribution in [0.1, 0.15) is 6.92 Å². The normalized spacial score (nSPS) is 11.5. The monoisotopic (exact) mass is 394 g/mol. The fraction of sp³-hybridized carbons (Fsp3) is 0.100. The molecular weight excluding hydrogens is 376 g/mol. The van der Waals surface area contributed by atoms with Crippen molar-refractivity contribution >= 4 is 26.7 Å². The molecule has 0 amide bonds. The predicted molar refractivity (Wildman–Crippen MR) is 107 cm³/mol. The van der Waals surface area contributed by atoms with Gasteiger partial charge in [0.25, 0.3) is 10.0 Å². The molecule has 0 unspecified atom stereocenters. The minimum atomic E-state index is -3.66.